The Morgan fingerprint density at radius 3 is 2.55 bits per heavy atom. The summed E-state index contributed by atoms with van der Waals surface area (Å²) in [5.74, 6) is -0.304. The van der Waals surface area contributed by atoms with Crippen molar-refractivity contribution in [3.05, 3.63) is 107 Å². The van der Waals surface area contributed by atoms with E-state index in [1.54, 1.807) is 0 Å². The lowest BCUT2D eigenvalue weighted by atomic mass is 10.1. The Labute approximate surface area is 173 Å². The summed E-state index contributed by atoms with van der Waals surface area (Å²) >= 11 is 0. The molecule has 4 heteroatoms. The number of methoxy groups -OCH3 is 1. The first-order valence-electron chi connectivity index (χ1n) is 9.79. The Morgan fingerprint density at radius 1 is 1.07 bits per heavy atom. The monoisotopic (exact) mass is 388 g/mol. The van der Waals surface area contributed by atoms with Crippen LogP contribution in [0.3, 0.4) is 0 Å². The third-order valence-electron chi connectivity index (χ3n) is 4.99. The summed E-state index contributed by atoms with van der Waals surface area (Å²) in [6, 6.07) is 20.5. The number of esters is 1. The van der Waals surface area contributed by atoms with Crippen molar-refractivity contribution in [2.75, 3.05) is 13.7 Å². The SMILES string of the molecule is C=CCN(Cc1ccccc1C(=O)OC)Cc1cccn1Cc1ccc(C)cc1. The Hall–Kier alpha value is -3.11. The fourth-order valence-electron chi connectivity index (χ4n) is 3.44. The fraction of sp³-hybridized carbons (Fsp3) is 0.240. The minimum Gasteiger partial charge on any atom is -0.465 e. The van der Waals surface area contributed by atoms with Crippen molar-refractivity contribution >= 4 is 5.97 Å². The largest absolute Gasteiger partial charge is 0.465 e. The van der Waals surface area contributed by atoms with E-state index >= 15 is 0 Å². The highest BCUT2D eigenvalue weighted by Crippen LogP contribution is 2.17. The number of benzene rings is 2. The zero-order valence-corrected chi connectivity index (χ0v) is 17.2. The Balaban J connectivity index is 1.77. The molecule has 0 saturated heterocycles. The number of hydrogen-bond donors (Lipinski definition) is 0. The van der Waals surface area contributed by atoms with E-state index < -0.39 is 0 Å². The molecular formula is C25H28N2O2. The van der Waals surface area contributed by atoms with Gasteiger partial charge in [0.25, 0.3) is 0 Å². The summed E-state index contributed by atoms with van der Waals surface area (Å²) in [5.41, 5.74) is 5.34. The number of aryl methyl sites for hydroxylation is 1. The molecule has 0 aliphatic rings. The molecule has 0 spiro atoms. The van der Waals surface area contributed by atoms with Crippen LogP contribution in [0.15, 0.2) is 79.5 Å². The number of aromatic nitrogens is 1. The minimum absolute atomic E-state index is 0.304. The molecule has 29 heavy (non-hydrogen) atoms. The molecule has 4 nitrogen and oxygen atoms in total. The quantitative estimate of drug-likeness (QED) is 0.389. The smallest absolute Gasteiger partial charge is 0.338 e. The van der Waals surface area contributed by atoms with Gasteiger partial charge in [-0.25, -0.2) is 4.79 Å². The van der Waals surface area contributed by atoms with Crippen molar-refractivity contribution in [1.29, 1.82) is 0 Å². The van der Waals surface area contributed by atoms with Crippen molar-refractivity contribution in [3.8, 4) is 0 Å². The maximum atomic E-state index is 12.1. The second-order valence-electron chi connectivity index (χ2n) is 7.22. The summed E-state index contributed by atoms with van der Waals surface area (Å²) < 4.78 is 7.21. The molecule has 3 aromatic rings. The first-order chi connectivity index (χ1) is 14.1. The molecule has 0 unspecified atom stereocenters. The Bertz CT molecular complexity index is 957. The molecule has 0 saturated carbocycles. The van der Waals surface area contributed by atoms with E-state index in [0.29, 0.717) is 12.1 Å². The zero-order chi connectivity index (χ0) is 20.6. The number of carbonyl (C=O) groups excluding carboxylic acids is 1. The van der Waals surface area contributed by atoms with Gasteiger partial charge < -0.3 is 9.30 Å². The van der Waals surface area contributed by atoms with Gasteiger partial charge in [0.2, 0.25) is 0 Å². The molecule has 1 heterocycles. The molecule has 0 amide bonds. The zero-order valence-electron chi connectivity index (χ0n) is 17.2. The van der Waals surface area contributed by atoms with Gasteiger partial charge in [0, 0.05) is 38.1 Å². The molecule has 0 radical (unpaired) electrons. The van der Waals surface area contributed by atoms with E-state index in [1.165, 1.54) is 23.9 Å². The molecule has 150 valence electrons. The highest BCUT2D eigenvalue weighted by atomic mass is 16.5. The first kappa shape index (κ1) is 20.6. The third-order valence-corrected chi connectivity index (χ3v) is 4.99. The molecule has 2 aromatic carbocycles. The van der Waals surface area contributed by atoms with Crippen molar-refractivity contribution < 1.29 is 9.53 Å². The van der Waals surface area contributed by atoms with Crippen LogP contribution >= 0.6 is 0 Å². The van der Waals surface area contributed by atoms with Crippen molar-refractivity contribution in [2.24, 2.45) is 0 Å². The number of nitrogens with zero attached hydrogens (tertiary/aromatic N) is 2. The van der Waals surface area contributed by atoms with Gasteiger partial charge in [0.1, 0.15) is 0 Å². The molecule has 1 aromatic heterocycles. The average molecular weight is 389 g/mol. The van der Waals surface area contributed by atoms with Crippen LogP contribution in [0.2, 0.25) is 0 Å². The Kier molecular flexibility index (Phi) is 7.04. The molecule has 0 fully saturated rings. The minimum atomic E-state index is -0.304. The van der Waals surface area contributed by atoms with Crippen LogP contribution in [0.1, 0.15) is 32.7 Å². The predicted octanol–water partition coefficient (Wildman–Crippen LogP) is 4.82. The van der Waals surface area contributed by atoms with Crippen molar-refractivity contribution in [3.63, 3.8) is 0 Å². The first-order valence-corrected chi connectivity index (χ1v) is 9.79. The summed E-state index contributed by atoms with van der Waals surface area (Å²) in [6.07, 6.45) is 4.01. The van der Waals surface area contributed by atoms with Gasteiger partial charge in [-0.1, -0.05) is 54.1 Å². The maximum Gasteiger partial charge on any atom is 0.338 e. The van der Waals surface area contributed by atoms with E-state index in [2.05, 4.69) is 65.6 Å². The second kappa shape index (κ2) is 9.89. The normalized spacial score (nSPS) is 10.9. The Morgan fingerprint density at radius 2 is 1.83 bits per heavy atom. The summed E-state index contributed by atoms with van der Waals surface area (Å²) in [6.45, 7) is 8.98. The molecule has 0 atom stereocenters. The van der Waals surface area contributed by atoms with Gasteiger partial charge in [-0.3, -0.25) is 4.90 Å². The molecule has 0 aliphatic carbocycles. The number of ether oxygens (including phenoxy) is 1. The molecule has 0 bridgehead atoms. The van der Waals surface area contributed by atoms with Crippen LogP contribution < -0.4 is 0 Å². The van der Waals surface area contributed by atoms with Gasteiger partial charge >= 0.3 is 5.97 Å². The summed E-state index contributed by atoms with van der Waals surface area (Å²) in [4.78, 5) is 14.4. The van der Waals surface area contributed by atoms with E-state index in [9.17, 15) is 4.79 Å². The molecule has 0 N–H and O–H groups in total. The maximum absolute atomic E-state index is 12.1. The summed E-state index contributed by atoms with van der Waals surface area (Å²) in [7, 11) is 1.42. The van der Waals surface area contributed by atoms with Gasteiger partial charge in [-0.2, -0.15) is 0 Å². The van der Waals surface area contributed by atoms with E-state index in [1.807, 2.05) is 30.3 Å². The predicted molar refractivity (Wildman–Crippen MR) is 117 cm³/mol. The standard InChI is InChI=1S/C25H28N2O2/c1-4-15-26(18-22-8-5-6-10-24(22)25(28)29-3)19-23-9-7-16-27(23)17-21-13-11-20(2)12-14-21/h4-14,16H,1,15,17-19H2,2-3H3. The van der Waals surface area contributed by atoms with Crippen molar-refractivity contribution in [2.45, 2.75) is 26.6 Å². The number of carbonyl (C=O) groups is 1. The van der Waals surface area contributed by atoms with Crippen LogP contribution in [0.4, 0.5) is 0 Å². The van der Waals surface area contributed by atoms with Crippen LogP contribution in [0.5, 0.6) is 0 Å². The van der Waals surface area contributed by atoms with E-state index in [-0.39, 0.29) is 5.97 Å². The van der Waals surface area contributed by atoms with Crippen LogP contribution in [0, 0.1) is 6.92 Å². The molecule has 0 aliphatic heterocycles. The van der Waals surface area contributed by atoms with Gasteiger partial charge in [-0.15, -0.1) is 6.58 Å². The number of rotatable bonds is 9. The van der Waals surface area contributed by atoms with Gasteiger partial charge in [-0.05, 0) is 36.2 Å². The second-order valence-corrected chi connectivity index (χ2v) is 7.22. The third kappa shape index (κ3) is 5.46. The van der Waals surface area contributed by atoms with Crippen LogP contribution in [-0.4, -0.2) is 29.1 Å². The molecule has 3 rings (SSSR count). The van der Waals surface area contributed by atoms with Crippen LogP contribution in [0.25, 0.3) is 0 Å². The highest BCUT2D eigenvalue weighted by Gasteiger charge is 2.15. The van der Waals surface area contributed by atoms with E-state index in [4.69, 9.17) is 4.74 Å². The average Bonchev–Trinajstić information content (AvgIpc) is 3.16. The lowest BCUT2D eigenvalue weighted by molar-refractivity contribution is 0.0598. The topological polar surface area (TPSA) is 34.5 Å². The number of hydrogen-bond acceptors (Lipinski definition) is 3. The fourth-order valence-corrected chi connectivity index (χ4v) is 3.44. The molecular weight excluding hydrogens is 360 g/mol. The van der Waals surface area contributed by atoms with E-state index in [0.717, 1.165) is 25.2 Å². The van der Waals surface area contributed by atoms with Crippen molar-refractivity contribution in [1.82, 2.24) is 9.47 Å². The lowest BCUT2D eigenvalue weighted by Gasteiger charge is -2.23. The van der Waals surface area contributed by atoms with Crippen LogP contribution in [-0.2, 0) is 24.4 Å². The highest BCUT2D eigenvalue weighted by molar-refractivity contribution is 5.90. The van der Waals surface area contributed by atoms with Gasteiger partial charge in [0.05, 0.1) is 12.7 Å². The summed E-state index contributed by atoms with van der Waals surface area (Å²) in [5, 5.41) is 0. The van der Waals surface area contributed by atoms with Gasteiger partial charge in [0.15, 0.2) is 0 Å². The lowest BCUT2D eigenvalue weighted by Crippen LogP contribution is -2.25.